The molecule has 2 heterocycles. The first kappa shape index (κ1) is 15.1. The Bertz CT molecular complexity index is 1070. The van der Waals surface area contributed by atoms with Gasteiger partial charge in [-0.15, -0.1) is 0 Å². The van der Waals surface area contributed by atoms with Gasteiger partial charge in [0.25, 0.3) is 10.0 Å². The van der Waals surface area contributed by atoms with Crippen molar-refractivity contribution in [2.24, 2.45) is 0 Å². The molecule has 0 unspecified atom stereocenters. The van der Waals surface area contributed by atoms with Gasteiger partial charge in [0, 0.05) is 5.69 Å². The molecule has 0 spiro atoms. The molecule has 23 heavy (non-hydrogen) atoms. The first-order valence-corrected chi connectivity index (χ1v) is 7.81. The highest BCUT2D eigenvalue weighted by atomic mass is 32.2. The highest BCUT2D eigenvalue weighted by Gasteiger charge is 2.24. The molecule has 9 nitrogen and oxygen atoms in total. The lowest BCUT2D eigenvalue weighted by atomic mass is 10.3. The van der Waals surface area contributed by atoms with Gasteiger partial charge in [-0.1, -0.05) is 0 Å². The summed E-state index contributed by atoms with van der Waals surface area (Å²) in [5.74, 6) is -2.12. The number of nitrogens with zero attached hydrogens (tertiary/aromatic N) is 1. The van der Waals surface area contributed by atoms with Crippen molar-refractivity contribution >= 4 is 32.7 Å². The van der Waals surface area contributed by atoms with Gasteiger partial charge < -0.3 is 14.6 Å². The van der Waals surface area contributed by atoms with E-state index in [0.717, 1.165) is 16.7 Å². The Labute approximate surface area is 129 Å². The number of hydrogen-bond acceptors (Lipinski definition) is 7. The van der Waals surface area contributed by atoms with E-state index < -0.39 is 26.8 Å². The molecule has 0 aliphatic heterocycles. The average molecular weight is 337 g/mol. The van der Waals surface area contributed by atoms with Crippen molar-refractivity contribution in [3.8, 4) is 0 Å². The van der Waals surface area contributed by atoms with Gasteiger partial charge in [0.1, 0.15) is 5.52 Å². The number of nitrogens with two attached hydrogens (primary N) is 1. The Morgan fingerprint density at radius 3 is 2.65 bits per heavy atom. The molecule has 1 aromatic carbocycles. The molecule has 0 aliphatic rings. The van der Waals surface area contributed by atoms with Crippen molar-refractivity contribution in [1.29, 1.82) is 0 Å². The van der Waals surface area contributed by atoms with E-state index in [1.165, 1.54) is 25.2 Å². The second-order valence-electron chi connectivity index (χ2n) is 4.56. The zero-order chi connectivity index (χ0) is 16.8. The van der Waals surface area contributed by atoms with E-state index in [1.807, 2.05) is 0 Å². The minimum atomic E-state index is -3.84. The van der Waals surface area contributed by atoms with Crippen molar-refractivity contribution in [3.05, 3.63) is 46.6 Å². The van der Waals surface area contributed by atoms with Gasteiger partial charge in [0.05, 0.1) is 0 Å². The normalized spacial score (nSPS) is 11.9. The maximum Gasteiger partial charge on any atom is 0.427 e. The molecule has 120 valence electrons. The number of nitrogen functional groups attached to an aromatic ring is 1. The van der Waals surface area contributed by atoms with E-state index in [4.69, 9.17) is 14.6 Å². The van der Waals surface area contributed by atoms with Crippen LogP contribution in [0.4, 0.5) is 5.69 Å². The van der Waals surface area contributed by atoms with E-state index in [2.05, 4.69) is 4.72 Å². The Kier molecular flexibility index (Phi) is 3.34. The van der Waals surface area contributed by atoms with Gasteiger partial charge in [-0.05, 0) is 37.4 Å². The highest BCUT2D eigenvalue weighted by molar-refractivity contribution is 7.89. The van der Waals surface area contributed by atoms with Crippen LogP contribution in [0.1, 0.15) is 10.6 Å². The van der Waals surface area contributed by atoms with E-state index in [0.29, 0.717) is 5.69 Å². The summed E-state index contributed by atoms with van der Waals surface area (Å²) in [4.78, 5) is 24.3. The number of nitrogens with one attached hydrogen (secondary N) is 1. The van der Waals surface area contributed by atoms with Crippen LogP contribution in [0.2, 0.25) is 0 Å². The number of carbonyl (C=O) groups excluding carboxylic acids is 1. The number of carbonyl (C=O) groups is 1. The topological polar surface area (TPSA) is 138 Å². The molecule has 0 saturated carbocycles. The Morgan fingerprint density at radius 1 is 1.22 bits per heavy atom. The standard InChI is InChI=1S/C13H11N3O6S/c1-15-23(19,20)11-5-4-10(21-11)12(17)16-8-6-7(14)2-3-9(8)22-13(16)18/h2-6,15H,14H2,1H3. The molecular formula is C13H11N3O6S. The summed E-state index contributed by atoms with van der Waals surface area (Å²) >= 11 is 0. The molecule has 0 aliphatic carbocycles. The number of rotatable bonds is 3. The zero-order valence-corrected chi connectivity index (χ0v) is 12.6. The second kappa shape index (κ2) is 5.11. The third kappa shape index (κ3) is 2.43. The molecule has 0 radical (unpaired) electrons. The lowest BCUT2D eigenvalue weighted by Gasteiger charge is -1.99. The minimum absolute atomic E-state index is 0.162. The van der Waals surface area contributed by atoms with Crippen LogP contribution in [0.3, 0.4) is 0 Å². The number of oxazole rings is 1. The van der Waals surface area contributed by atoms with Gasteiger partial charge in [0.2, 0.25) is 5.09 Å². The second-order valence-corrected chi connectivity index (χ2v) is 6.38. The predicted octanol–water partition coefficient (Wildman–Crippen LogP) is 0.366. The third-order valence-electron chi connectivity index (χ3n) is 3.13. The van der Waals surface area contributed by atoms with Gasteiger partial charge >= 0.3 is 11.7 Å². The van der Waals surface area contributed by atoms with E-state index in [1.54, 1.807) is 0 Å². The van der Waals surface area contributed by atoms with E-state index in [9.17, 15) is 18.0 Å². The van der Waals surface area contributed by atoms with Crippen LogP contribution < -0.4 is 16.2 Å². The third-order valence-corrected chi connectivity index (χ3v) is 4.42. The zero-order valence-electron chi connectivity index (χ0n) is 11.8. The molecule has 10 heteroatoms. The van der Waals surface area contributed by atoms with Crippen LogP contribution in [0.5, 0.6) is 0 Å². The van der Waals surface area contributed by atoms with Crippen LogP contribution in [0.25, 0.3) is 11.1 Å². The van der Waals surface area contributed by atoms with Crippen LogP contribution in [-0.4, -0.2) is 25.9 Å². The molecule has 0 amide bonds. The fourth-order valence-electron chi connectivity index (χ4n) is 2.02. The number of anilines is 1. The van der Waals surface area contributed by atoms with Crippen molar-refractivity contribution in [2.45, 2.75) is 5.09 Å². The molecule has 2 aromatic heterocycles. The SMILES string of the molecule is CNS(=O)(=O)c1ccc(C(=O)n2c(=O)oc3ccc(N)cc32)o1. The number of aromatic nitrogens is 1. The van der Waals surface area contributed by atoms with Gasteiger partial charge in [-0.2, -0.15) is 0 Å². The van der Waals surface area contributed by atoms with Crippen molar-refractivity contribution in [2.75, 3.05) is 12.8 Å². The predicted molar refractivity (Wildman–Crippen MR) is 79.6 cm³/mol. The summed E-state index contributed by atoms with van der Waals surface area (Å²) in [6, 6.07) is 6.64. The highest BCUT2D eigenvalue weighted by Crippen LogP contribution is 2.19. The van der Waals surface area contributed by atoms with Crippen LogP contribution >= 0.6 is 0 Å². The Balaban J connectivity index is 2.13. The van der Waals surface area contributed by atoms with Crippen LogP contribution in [0, 0.1) is 0 Å². The average Bonchev–Trinajstić information content (AvgIpc) is 3.11. The number of fused-ring (bicyclic) bond motifs is 1. The maximum atomic E-state index is 12.4. The fourth-order valence-corrected chi connectivity index (χ4v) is 2.66. The summed E-state index contributed by atoms with van der Waals surface area (Å²) in [5, 5.41) is -0.441. The first-order chi connectivity index (χ1) is 10.8. The fraction of sp³-hybridized carbons (Fsp3) is 0.0769. The minimum Gasteiger partial charge on any atom is -0.438 e. The molecule has 3 rings (SSSR count). The molecule has 0 atom stereocenters. The van der Waals surface area contributed by atoms with Crippen molar-refractivity contribution in [3.63, 3.8) is 0 Å². The molecule has 0 fully saturated rings. The molecule has 3 N–H and O–H groups in total. The van der Waals surface area contributed by atoms with Gasteiger partial charge in [-0.3, -0.25) is 4.79 Å². The monoisotopic (exact) mass is 337 g/mol. The molecular weight excluding hydrogens is 326 g/mol. The Hall–Kier alpha value is -2.85. The van der Waals surface area contributed by atoms with Gasteiger partial charge in [-0.25, -0.2) is 22.5 Å². The largest absolute Gasteiger partial charge is 0.438 e. The summed E-state index contributed by atoms with van der Waals surface area (Å²) in [6.07, 6.45) is 0. The van der Waals surface area contributed by atoms with E-state index >= 15 is 0 Å². The molecule has 0 saturated heterocycles. The summed E-state index contributed by atoms with van der Waals surface area (Å²) in [7, 11) is -2.63. The van der Waals surface area contributed by atoms with Crippen molar-refractivity contribution < 1.29 is 22.0 Å². The first-order valence-electron chi connectivity index (χ1n) is 6.32. The molecule has 0 bridgehead atoms. The summed E-state index contributed by atoms with van der Waals surface area (Å²) < 4.78 is 36.0. The quantitative estimate of drug-likeness (QED) is 0.658. The number of benzene rings is 1. The van der Waals surface area contributed by atoms with E-state index in [-0.39, 0.29) is 16.9 Å². The number of hydrogen-bond donors (Lipinski definition) is 2. The van der Waals surface area contributed by atoms with Crippen LogP contribution in [-0.2, 0) is 10.0 Å². The number of sulfonamides is 1. The molecule has 3 aromatic rings. The summed E-state index contributed by atoms with van der Waals surface area (Å²) in [5.41, 5.74) is 6.31. The van der Waals surface area contributed by atoms with Crippen molar-refractivity contribution in [1.82, 2.24) is 9.29 Å². The smallest absolute Gasteiger partial charge is 0.427 e. The lowest BCUT2D eigenvalue weighted by Crippen LogP contribution is -2.23. The Morgan fingerprint density at radius 2 is 1.96 bits per heavy atom. The maximum absolute atomic E-state index is 12.4. The van der Waals surface area contributed by atoms with Gasteiger partial charge in [0.15, 0.2) is 11.3 Å². The number of furan rings is 1. The van der Waals surface area contributed by atoms with Crippen LogP contribution in [0.15, 0.2) is 49.1 Å². The lowest BCUT2D eigenvalue weighted by molar-refractivity contribution is 0.0923. The summed E-state index contributed by atoms with van der Waals surface area (Å²) in [6.45, 7) is 0.